The van der Waals surface area contributed by atoms with Gasteiger partial charge >= 0.3 is 0 Å². The Morgan fingerprint density at radius 3 is 2.65 bits per heavy atom. The number of benzene rings is 1. The quantitative estimate of drug-likeness (QED) is 0.684. The molecule has 1 aromatic rings. The molecular weight excluding hydrogens is 272 g/mol. The highest BCUT2D eigenvalue weighted by Crippen LogP contribution is 2.39. The Hall–Kier alpha value is -0.880. The molecule has 0 unspecified atom stereocenters. The number of hydrogen-bond acceptors (Lipinski definition) is 5. The van der Waals surface area contributed by atoms with Crippen LogP contribution in [0.5, 0.6) is 0 Å². The SMILES string of the molecule is CC(=O)c1ccc(SN2CCOC23CCNCC3)cc1. The van der Waals surface area contributed by atoms with Crippen LogP contribution in [-0.2, 0) is 4.74 Å². The van der Waals surface area contributed by atoms with E-state index in [1.807, 2.05) is 24.3 Å². The van der Waals surface area contributed by atoms with Crippen molar-refractivity contribution in [2.75, 3.05) is 26.2 Å². The van der Waals surface area contributed by atoms with Gasteiger partial charge in [0.25, 0.3) is 0 Å². The number of hydrogen-bond donors (Lipinski definition) is 1. The standard InChI is InChI=1S/C15H20N2O2S/c1-12(18)13-2-4-14(5-3-13)20-17-10-11-19-15(17)6-8-16-9-7-15/h2-5,16H,6-11H2,1H3. The first kappa shape index (κ1) is 14.1. The number of ether oxygens (including phenoxy) is 1. The molecule has 2 heterocycles. The summed E-state index contributed by atoms with van der Waals surface area (Å²) in [5, 5.41) is 3.39. The number of nitrogens with one attached hydrogen (secondary N) is 1. The number of piperidine rings is 1. The van der Waals surface area contributed by atoms with Crippen LogP contribution in [0.2, 0.25) is 0 Å². The number of carbonyl (C=O) groups excluding carboxylic acids is 1. The summed E-state index contributed by atoms with van der Waals surface area (Å²) in [7, 11) is 0. The van der Waals surface area contributed by atoms with Gasteiger partial charge in [-0.15, -0.1) is 0 Å². The predicted molar refractivity (Wildman–Crippen MR) is 79.8 cm³/mol. The number of nitrogens with zero attached hydrogens (tertiary/aromatic N) is 1. The van der Waals surface area contributed by atoms with Crippen molar-refractivity contribution in [3.05, 3.63) is 29.8 Å². The molecule has 2 saturated heterocycles. The molecular formula is C15H20N2O2S. The summed E-state index contributed by atoms with van der Waals surface area (Å²) in [6.07, 6.45) is 2.07. The van der Waals surface area contributed by atoms with Crippen LogP contribution in [0, 0.1) is 0 Å². The van der Waals surface area contributed by atoms with E-state index in [1.165, 1.54) is 4.90 Å². The first-order chi connectivity index (χ1) is 9.70. The zero-order chi connectivity index (χ0) is 14.0. The topological polar surface area (TPSA) is 41.6 Å². The Bertz CT molecular complexity index is 483. The van der Waals surface area contributed by atoms with Gasteiger partial charge in [0.2, 0.25) is 0 Å². The molecule has 2 aliphatic heterocycles. The normalized spacial score (nSPS) is 22.2. The highest BCUT2D eigenvalue weighted by atomic mass is 32.2. The fourth-order valence-corrected chi connectivity index (χ4v) is 3.89. The zero-order valence-corrected chi connectivity index (χ0v) is 12.5. The van der Waals surface area contributed by atoms with Crippen molar-refractivity contribution in [2.24, 2.45) is 0 Å². The van der Waals surface area contributed by atoms with Gasteiger partial charge in [-0.25, -0.2) is 4.31 Å². The third-order valence-electron chi connectivity index (χ3n) is 3.98. The van der Waals surface area contributed by atoms with E-state index < -0.39 is 0 Å². The molecule has 0 aromatic heterocycles. The number of rotatable bonds is 3. The molecule has 20 heavy (non-hydrogen) atoms. The molecule has 1 aromatic carbocycles. The van der Waals surface area contributed by atoms with Crippen LogP contribution in [0.3, 0.4) is 0 Å². The molecule has 0 amide bonds. The Morgan fingerprint density at radius 1 is 1.30 bits per heavy atom. The predicted octanol–water partition coefficient (Wildman–Crippen LogP) is 2.31. The number of ketones is 1. The number of Topliss-reactive ketones (excluding diaryl/α,β-unsaturated/α-hetero) is 1. The van der Waals surface area contributed by atoms with E-state index in [0.717, 1.165) is 44.6 Å². The highest BCUT2D eigenvalue weighted by molar-refractivity contribution is 7.97. The molecule has 2 aliphatic rings. The zero-order valence-electron chi connectivity index (χ0n) is 11.7. The third-order valence-corrected chi connectivity index (χ3v) is 5.20. The molecule has 108 valence electrons. The van der Waals surface area contributed by atoms with Crippen LogP contribution >= 0.6 is 11.9 Å². The minimum Gasteiger partial charge on any atom is -0.358 e. The monoisotopic (exact) mass is 292 g/mol. The maximum absolute atomic E-state index is 11.3. The molecule has 3 rings (SSSR count). The van der Waals surface area contributed by atoms with Crippen molar-refractivity contribution in [3.8, 4) is 0 Å². The van der Waals surface area contributed by atoms with Crippen molar-refractivity contribution < 1.29 is 9.53 Å². The maximum atomic E-state index is 11.3. The fraction of sp³-hybridized carbons (Fsp3) is 0.533. The molecule has 0 bridgehead atoms. The Labute approximate surface area is 124 Å². The second-order valence-electron chi connectivity index (χ2n) is 5.32. The molecule has 0 aliphatic carbocycles. The maximum Gasteiger partial charge on any atom is 0.159 e. The fourth-order valence-electron chi connectivity index (χ4n) is 2.81. The lowest BCUT2D eigenvalue weighted by atomic mass is 10.0. The summed E-state index contributed by atoms with van der Waals surface area (Å²) in [6.45, 7) is 5.39. The van der Waals surface area contributed by atoms with E-state index in [-0.39, 0.29) is 11.5 Å². The summed E-state index contributed by atoms with van der Waals surface area (Å²) in [6, 6.07) is 7.84. The Kier molecular flexibility index (Phi) is 4.12. The minimum absolute atomic E-state index is 0.102. The summed E-state index contributed by atoms with van der Waals surface area (Å²) in [4.78, 5) is 12.5. The van der Waals surface area contributed by atoms with Gasteiger partial charge in [0.15, 0.2) is 5.78 Å². The largest absolute Gasteiger partial charge is 0.358 e. The van der Waals surface area contributed by atoms with Gasteiger partial charge in [-0.3, -0.25) is 4.79 Å². The second kappa shape index (κ2) is 5.85. The van der Waals surface area contributed by atoms with Crippen LogP contribution in [0.4, 0.5) is 0 Å². The first-order valence-corrected chi connectivity index (χ1v) is 7.88. The molecule has 4 nitrogen and oxygen atoms in total. The summed E-state index contributed by atoms with van der Waals surface area (Å²) < 4.78 is 8.41. The van der Waals surface area contributed by atoms with Crippen LogP contribution in [0.1, 0.15) is 30.1 Å². The van der Waals surface area contributed by atoms with Crippen molar-refractivity contribution in [3.63, 3.8) is 0 Å². The van der Waals surface area contributed by atoms with E-state index in [9.17, 15) is 4.79 Å². The van der Waals surface area contributed by atoms with E-state index in [0.29, 0.717) is 0 Å². The average molecular weight is 292 g/mol. The lowest BCUT2D eigenvalue weighted by Gasteiger charge is -2.39. The van der Waals surface area contributed by atoms with Crippen molar-refractivity contribution in [1.29, 1.82) is 0 Å². The summed E-state index contributed by atoms with van der Waals surface area (Å²) >= 11 is 1.75. The van der Waals surface area contributed by atoms with Gasteiger partial charge in [0.1, 0.15) is 5.72 Å². The second-order valence-corrected chi connectivity index (χ2v) is 6.41. The Morgan fingerprint density at radius 2 is 2.00 bits per heavy atom. The van der Waals surface area contributed by atoms with Gasteiger partial charge in [0, 0.05) is 29.8 Å². The van der Waals surface area contributed by atoms with Crippen LogP contribution in [0.15, 0.2) is 29.2 Å². The van der Waals surface area contributed by atoms with E-state index in [4.69, 9.17) is 4.74 Å². The Balaban J connectivity index is 1.71. The van der Waals surface area contributed by atoms with Gasteiger partial charge < -0.3 is 10.1 Å². The number of carbonyl (C=O) groups is 1. The van der Waals surface area contributed by atoms with Crippen LogP contribution < -0.4 is 5.32 Å². The minimum atomic E-state index is -0.102. The van der Waals surface area contributed by atoms with Crippen molar-refractivity contribution >= 4 is 17.7 Å². The molecule has 1 N–H and O–H groups in total. The molecule has 0 saturated carbocycles. The molecule has 2 fully saturated rings. The van der Waals surface area contributed by atoms with Gasteiger partial charge in [0.05, 0.1) is 6.61 Å². The van der Waals surface area contributed by atoms with Crippen LogP contribution in [0.25, 0.3) is 0 Å². The first-order valence-electron chi connectivity index (χ1n) is 7.11. The van der Waals surface area contributed by atoms with Crippen LogP contribution in [-0.4, -0.2) is 42.1 Å². The van der Waals surface area contributed by atoms with Gasteiger partial charge in [-0.1, -0.05) is 12.1 Å². The lowest BCUT2D eigenvalue weighted by molar-refractivity contribution is -0.0672. The lowest BCUT2D eigenvalue weighted by Crippen LogP contribution is -2.49. The van der Waals surface area contributed by atoms with Crippen molar-refractivity contribution in [2.45, 2.75) is 30.4 Å². The van der Waals surface area contributed by atoms with E-state index in [1.54, 1.807) is 18.9 Å². The summed E-state index contributed by atoms with van der Waals surface area (Å²) in [5.41, 5.74) is 0.665. The highest BCUT2D eigenvalue weighted by Gasteiger charge is 2.43. The van der Waals surface area contributed by atoms with Gasteiger partial charge in [-0.2, -0.15) is 0 Å². The molecule has 0 radical (unpaired) electrons. The molecule has 1 spiro atoms. The molecule has 0 atom stereocenters. The molecule has 5 heteroatoms. The van der Waals surface area contributed by atoms with Gasteiger partial charge in [-0.05, 0) is 44.1 Å². The third kappa shape index (κ3) is 2.76. The van der Waals surface area contributed by atoms with E-state index >= 15 is 0 Å². The smallest absolute Gasteiger partial charge is 0.159 e. The van der Waals surface area contributed by atoms with Crippen molar-refractivity contribution in [1.82, 2.24) is 9.62 Å². The summed E-state index contributed by atoms with van der Waals surface area (Å²) in [5.74, 6) is 0.112. The average Bonchev–Trinajstić information content (AvgIpc) is 2.83. The van der Waals surface area contributed by atoms with E-state index in [2.05, 4.69) is 9.62 Å².